The van der Waals surface area contributed by atoms with Gasteiger partial charge >= 0.3 is 0 Å². The Labute approximate surface area is 73.1 Å². The lowest BCUT2D eigenvalue weighted by molar-refractivity contribution is -0.119. The lowest BCUT2D eigenvalue weighted by atomic mass is 10.4. The van der Waals surface area contributed by atoms with Crippen LogP contribution in [0.15, 0.2) is 0 Å². The summed E-state index contributed by atoms with van der Waals surface area (Å²) in [4.78, 5) is 10.6. The highest BCUT2D eigenvalue weighted by atomic mass is 32.2. The van der Waals surface area contributed by atoms with E-state index in [0.29, 0.717) is 5.25 Å². The Bertz CT molecular complexity index is 117. The van der Waals surface area contributed by atoms with Gasteiger partial charge < -0.3 is 5.32 Å². The third kappa shape index (κ3) is 4.30. The molecule has 1 atom stereocenters. The topological polar surface area (TPSA) is 29.1 Å². The van der Waals surface area contributed by atoms with Gasteiger partial charge in [-0.15, -0.1) is 0 Å². The van der Waals surface area contributed by atoms with E-state index in [1.807, 2.05) is 25.6 Å². The number of thioether (sulfide) groups is 1. The van der Waals surface area contributed by atoms with Crippen LogP contribution in [0.1, 0.15) is 27.2 Å². The predicted octanol–water partition coefficient (Wildman–Crippen LogP) is 1.65. The van der Waals surface area contributed by atoms with Crippen molar-refractivity contribution in [1.82, 2.24) is 5.32 Å². The van der Waals surface area contributed by atoms with Gasteiger partial charge in [0.05, 0.1) is 0 Å². The second-order valence-electron chi connectivity index (χ2n) is 2.09. The van der Waals surface area contributed by atoms with Crippen LogP contribution >= 0.6 is 11.8 Å². The molecule has 0 radical (unpaired) electrons. The Morgan fingerprint density at radius 3 is 2.64 bits per heavy atom. The van der Waals surface area contributed by atoms with Crippen molar-refractivity contribution in [1.29, 1.82) is 0 Å². The molecule has 0 aromatic carbocycles. The van der Waals surface area contributed by atoms with Gasteiger partial charge in [-0.2, -0.15) is 11.8 Å². The summed E-state index contributed by atoms with van der Waals surface area (Å²) in [5.74, 6) is 1.32. The molecule has 1 N–H and O–H groups in total. The highest BCUT2D eigenvalue weighted by Crippen LogP contribution is 2.16. The van der Waals surface area contributed by atoms with Crippen molar-refractivity contribution in [2.24, 2.45) is 0 Å². The molecule has 1 aliphatic heterocycles. The largest absolute Gasteiger partial charge is 0.355 e. The average molecular weight is 175 g/mol. The average Bonchev–Trinajstić information content (AvgIpc) is 2.41. The molecule has 1 aliphatic rings. The minimum absolute atomic E-state index is 0.209. The molecular weight excluding hydrogens is 158 g/mol. The predicted molar refractivity (Wildman–Crippen MR) is 50.9 cm³/mol. The van der Waals surface area contributed by atoms with Crippen LogP contribution in [0, 0.1) is 0 Å². The van der Waals surface area contributed by atoms with Gasteiger partial charge in [-0.1, -0.05) is 20.8 Å². The van der Waals surface area contributed by atoms with E-state index in [-0.39, 0.29) is 5.91 Å². The van der Waals surface area contributed by atoms with Crippen LogP contribution < -0.4 is 5.32 Å². The SMILES string of the molecule is CC.CCSC1CNC(=O)C1. The third-order valence-corrected chi connectivity index (χ3v) is 2.48. The van der Waals surface area contributed by atoms with E-state index in [4.69, 9.17) is 0 Å². The highest BCUT2D eigenvalue weighted by Gasteiger charge is 2.20. The molecule has 1 unspecified atom stereocenters. The minimum Gasteiger partial charge on any atom is -0.355 e. The Kier molecular flexibility index (Phi) is 6.42. The van der Waals surface area contributed by atoms with Crippen LogP contribution in [0.25, 0.3) is 0 Å². The summed E-state index contributed by atoms with van der Waals surface area (Å²) in [6.45, 7) is 6.99. The Morgan fingerprint density at radius 2 is 2.27 bits per heavy atom. The summed E-state index contributed by atoms with van der Waals surface area (Å²) in [6.07, 6.45) is 0.721. The van der Waals surface area contributed by atoms with Crippen molar-refractivity contribution in [2.45, 2.75) is 32.4 Å². The fourth-order valence-corrected chi connectivity index (χ4v) is 1.87. The van der Waals surface area contributed by atoms with E-state index in [0.717, 1.165) is 18.7 Å². The second kappa shape index (κ2) is 6.53. The summed E-state index contributed by atoms with van der Waals surface area (Å²) in [5.41, 5.74) is 0. The maximum Gasteiger partial charge on any atom is 0.221 e. The molecule has 66 valence electrons. The standard InChI is InChI=1S/C6H11NOS.C2H6/c1-2-9-5-3-6(8)7-4-5;1-2/h5H,2-4H2,1H3,(H,7,8);1-2H3. The first-order valence-corrected chi connectivity index (χ1v) is 5.26. The normalized spacial score (nSPS) is 22.1. The molecule has 0 spiro atoms. The van der Waals surface area contributed by atoms with Crippen molar-refractivity contribution >= 4 is 17.7 Å². The molecule has 1 saturated heterocycles. The van der Waals surface area contributed by atoms with Crippen LogP contribution in [0.2, 0.25) is 0 Å². The van der Waals surface area contributed by atoms with E-state index < -0.39 is 0 Å². The number of hydrogen-bond donors (Lipinski definition) is 1. The zero-order valence-electron chi connectivity index (χ0n) is 7.52. The zero-order valence-corrected chi connectivity index (χ0v) is 8.33. The number of amides is 1. The second-order valence-corrected chi connectivity index (χ2v) is 3.66. The van der Waals surface area contributed by atoms with Crippen molar-refractivity contribution < 1.29 is 4.79 Å². The maximum atomic E-state index is 10.6. The van der Waals surface area contributed by atoms with Crippen LogP contribution in [-0.2, 0) is 4.79 Å². The van der Waals surface area contributed by atoms with Crippen LogP contribution in [0.4, 0.5) is 0 Å². The first kappa shape index (κ1) is 10.8. The fraction of sp³-hybridized carbons (Fsp3) is 0.875. The van der Waals surface area contributed by atoms with Gasteiger partial charge in [0.1, 0.15) is 0 Å². The summed E-state index contributed by atoms with van der Waals surface area (Å²) in [5, 5.41) is 3.34. The monoisotopic (exact) mass is 175 g/mol. The Morgan fingerprint density at radius 1 is 1.64 bits per heavy atom. The quantitative estimate of drug-likeness (QED) is 0.691. The van der Waals surface area contributed by atoms with Crippen LogP contribution in [0.3, 0.4) is 0 Å². The van der Waals surface area contributed by atoms with Crippen LogP contribution in [0.5, 0.6) is 0 Å². The van der Waals surface area contributed by atoms with E-state index in [1.165, 1.54) is 0 Å². The lowest BCUT2D eigenvalue weighted by Crippen LogP contribution is -2.14. The van der Waals surface area contributed by atoms with Gasteiger partial charge in [-0.05, 0) is 5.75 Å². The van der Waals surface area contributed by atoms with Crippen LogP contribution in [-0.4, -0.2) is 23.5 Å². The first-order valence-electron chi connectivity index (χ1n) is 4.21. The smallest absolute Gasteiger partial charge is 0.221 e. The molecule has 0 aromatic rings. The molecule has 1 heterocycles. The molecule has 0 saturated carbocycles. The number of carbonyl (C=O) groups excluding carboxylic acids is 1. The number of nitrogens with one attached hydrogen (secondary N) is 1. The van der Waals surface area contributed by atoms with E-state index in [1.54, 1.807) is 0 Å². The summed E-state index contributed by atoms with van der Waals surface area (Å²) >= 11 is 1.86. The summed E-state index contributed by atoms with van der Waals surface area (Å²) < 4.78 is 0. The van der Waals surface area contributed by atoms with Gasteiger partial charge in [0.15, 0.2) is 0 Å². The Hall–Kier alpha value is -0.180. The Balaban J connectivity index is 0.000000461. The number of rotatable bonds is 2. The summed E-state index contributed by atoms with van der Waals surface area (Å²) in [6, 6.07) is 0. The van der Waals surface area contributed by atoms with Crippen molar-refractivity contribution in [3.05, 3.63) is 0 Å². The van der Waals surface area contributed by atoms with Gasteiger partial charge in [-0.3, -0.25) is 4.79 Å². The van der Waals surface area contributed by atoms with E-state index in [9.17, 15) is 4.79 Å². The molecule has 3 heteroatoms. The lowest BCUT2D eigenvalue weighted by Gasteiger charge is -2.01. The molecule has 0 aromatic heterocycles. The minimum atomic E-state index is 0.209. The van der Waals surface area contributed by atoms with E-state index in [2.05, 4.69) is 12.2 Å². The molecule has 11 heavy (non-hydrogen) atoms. The van der Waals surface area contributed by atoms with Crippen molar-refractivity contribution in [3.63, 3.8) is 0 Å². The molecule has 1 rings (SSSR count). The van der Waals surface area contributed by atoms with Gasteiger partial charge in [0.25, 0.3) is 0 Å². The van der Waals surface area contributed by atoms with Crippen molar-refractivity contribution in [3.8, 4) is 0 Å². The third-order valence-electron chi connectivity index (χ3n) is 1.34. The van der Waals surface area contributed by atoms with Gasteiger partial charge in [0.2, 0.25) is 5.91 Å². The molecule has 1 amide bonds. The number of carbonyl (C=O) groups is 1. The first-order chi connectivity index (χ1) is 5.33. The molecule has 1 fully saturated rings. The van der Waals surface area contributed by atoms with E-state index >= 15 is 0 Å². The highest BCUT2D eigenvalue weighted by molar-refractivity contribution is 7.99. The maximum absolute atomic E-state index is 10.6. The van der Waals surface area contributed by atoms with Gasteiger partial charge in [-0.25, -0.2) is 0 Å². The fourth-order valence-electron chi connectivity index (χ4n) is 0.932. The summed E-state index contributed by atoms with van der Waals surface area (Å²) in [7, 11) is 0. The number of hydrogen-bond acceptors (Lipinski definition) is 2. The molecular formula is C8H17NOS. The molecule has 0 bridgehead atoms. The van der Waals surface area contributed by atoms with Gasteiger partial charge in [0, 0.05) is 18.2 Å². The van der Waals surface area contributed by atoms with Crippen molar-refractivity contribution in [2.75, 3.05) is 12.3 Å². The molecule has 2 nitrogen and oxygen atoms in total. The molecule has 0 aliphatic carbocycles. The zero-order chi connectivity index (χ0) is 8.69.